The highest BCUT2D eigenvalue weighted by Crippen LogP contribution is 2.16. The molecule has 1 fully saturated rings. The number of carbonyl (C=O) groups is 1. The summed E-state index contributed by atoms with van der Waals surface area (Å²) >= 11 is 0. The lowest BCUT2D eigenvalue weighted by Crippen LogP contribution is -2.43. The topological polar surface area (TPSA) is 76.4 Å². The minimum Gasteiger partial charge on any atom is -0.386 e. The van der Waals surface area contributed by atoms with Gasteiger partial charge in [-0.05, 0) is 0 Å². The quantitative estimate of drug-likeness (QED) is 0.713. The number of hydrogen-bond acceptors (Lipinski definition) is 4. The predicted octanol–water partition coefficient (Wildman–Crippen LogP) is -0.699. The SMILES string of the molecule is Cn1cnc(C(=O)NCC2(O)CCOC2)c1. The lowest BCUT2D eigenvalue weighted by Gasteiger charge is -2.20. The summed E-state index contributed by atoms with van der Waals surface area (Å²) in [5, 5.41) is 12.6. The molecule has 2 heterocycles. The Bertz CT molecular complexity index is 382. The number of nitrogens with zero attached hydrogens (tertiary/aromatic N) is 2. The van der Waals surface area contributed by atoms with Crippen molar-refractivity contribution in [3.63, 3.8) is 0 Å². The van der Waals surface area contributed by atoms with Crippen LogP contribution in [0.1, 0.15) is 16.9 Å². The van der Waals surface area contributed by atoms with Crippen LogP contribution in [0.5, 0.6) is 0 Å². The Kier molecular flexibility index (Phi) is 2.93. The van der Waals surface area contributed by atoms with Crippen molar-refractivity contribution >= 4 is 5.91 Å². The van der Waals surface area contributed by atoms with Crippen LogP contribution in [0.3, 0.4) is 0 Å². The first kappa shape index (κ1) is 11.1. The number of amides is 1. The number of aryl methyl sites for hydroxylation is 1. The molecular weight excluding hydrogens is 210 g/mol. The smallest absolute Gasteiger partial charge is 0.271 e. The van der Waals surface area contributed by atoms with E-state index in [0.717, 1.165) is 0 Å². The molecule has 0 saturated carbocycles. The number of aliphatic hydroxyl groups is 1. The Hall–Kier alpha value is -1.40. The molecule has 1 aliphatic rings. The molecule has 0 spiro atoms. The first-order valence-corrected chi connectivity index (χ1v) is 5.15. The number of imidazole rings is 1. The third-order valence-corrected chi connectivity index (χ3v) is 2.60. The molecular formula is C10H15N3O3. The molecule has 6 heteroatoms. The van der Waals surface area contributed by atoms with E-state index in [1.807, 2.05) is 0 Å². The number of rotatable bonds is 3. The summed E-state index contributed by atoms with van der Waals surface area (Å²) in [6, 6.07) is 0. The lowest BCUT2D eigenvalue weighted by atomic mass is 10.0. The third kappa shape index (κ3) is 2.40. The van der Waals surface area contributed by atoms with Gasteiger partial charge in [0, 0.05) is 32.8 Å². The molecule has 0 aromatic carbocycles. The summed E-state index contributed by atoms with van der Waals surface area (Å²) in [7, 11) is 1.79. The zero-order chi connectivity index (χ0) is 11.6. The number of nitrogens with one attached hydrogen (secondary N) is 1. The molecule has 88 valence electrons. The van der Waals surface area contributed by atoms with Crippen LogP contribution in [0, 0.1) is 0 Å². The number of ether oxygens (including phenoxy) is 1. The van der Waals surface area contributed by atoms with Gasteiger partial charge in [-0.15, -0.1) is 0 Å². The highest BCUT2D eigenvalue weighted by Gasteiger charge is 2.32. The molecule has 1 amide bonds. The minimum atomic E-state index is -0.926. The molecule has 1 aromatic heterocycles. The second-order valence-corrected chi connectivity index (χ2v) is 4.13. The second kappa shape index (κ2) is 4.23. The maximum Gasteiger partial charge on any atom is 0.271 e. The van der Waals surface area contributed by atoms with Gasteiger partial charge in [0.15, 0.2) is 0 Å². The highest BCUT2D eigenvalue weighted by atomic mass is 16.5. The van der Waals surface area contributed by atoms with Crippen LogP contribution in [0.2, 0.25) is 0 Å². The summed E-state index contributed by atoms with van der Waals surface area (Å²) in [5.74, 6) is -0.277. The Labute approximate surface area is 93.2 Å². The standard InChI is InChI=1S/C10H15N3O3/c1-13-4-8(12-7-13)9(14)11-5-10(15)2-3-16-6-10/h4,7,15H,2-3,5-6H2,1H3,(H,11,14). The van der Waals surface area contributed by atoms with Crippen molar-refractivity contribution in [2.45, 2.75) is 12.0 Å². The maximum atomic E-state index is 11.6. The molecule has 1 atom stereocenters. The fraction of sp³-hybridized carbons (Fsp3) is 0.600. The van der Waals surface area contributed by atoms with E-state index in [1.54, 1.807) is 24.1 Å². The monoisotopic (exact) mass is 225 g/mol. The Morgan fingerprint density at radius 2 is 2.62 bits per heavy atom. The second-order valence-electron chi connectivity index (χ2n) is 4.13. The van der Waals surface area contributed by atoms with Gasteiger partial charge >= 0.3 is 0 Å². The third-order valence-electron chi connectivity index (χ3n) is 2.60. The van der Waals surface area contributed by atoms with Gasteiger partial charge in [-0.2, -0.15) is 0 Å². The summed E-state index contributed by atoms with van der Waals surface area (Å²) in [6.07, 6.45) is 3.74. The van der Waals surface area contributed by atoms with E-state index < -0.39 is 5.60 Å². The van der Waals surface area contributed by atoms with E-state index in [4.69, 9.17) is 4.74 Å². The fourth-order valence-corrected chi connectivity index (χ4v) is 1.60. The first-order valence-electron chi connectivity index (χ1n) is 5.15. The number of aromatic nitrogens is 2. The zero-order valence-corrected chi connectivity index (χ0v) is 9.14. The summed E-state index contributed by atoms with van der Waals surface area (Å²) in [4.78, 5) is 15.5. The maximum absolute atomic E-state index is 11.6. The van der Waals surface area contributed by atoms with Crippen molar-refractivity contribution in [2.24, 2.45) is 7.05 Å². The molecule has 6 nitrogen and oxygen atoms in total. The number of hydrogen-bond donors (Lipinski definition) is 2. The van der Waals surface area contributed by atoms with E-state index in [2.05, 4.69) is 10.3 Å². The Balaban J connectivity index is 1.88. The van der Waals surface area contributed by atoms with E-state index in [1.165, 1.54) is 0 Å². The molecule has 0 aliphatic carbocycles. The Morgan fingerprint density at radius 1 is 1.81 bits per heavy atom. The normalized spacial score (nSPS) is 24.6. The van der Waals surface area contributed by atoms with Crippen molar-refractivity contribution in [2.75, 3.05) is 19.8 Å². The van der Waals surface area contributed by atoms with E-state index >= 15 is 0 Å². The van der Waals surface area contributed by atoms with Crippen LogP contribution in [0.4, 0.5) is 0 Å². The van der Waals surface area contributed by atoms with E-state index in [0.29, 0.717) is 18.7 Å². The van der Waals surface area contributed by atoms with E-state index in [-0.39, 0.29) is 19.1 Å². The molecule has 1 aliphatic heterocycles. The minimum absolute atomic E-state index is 0.197. The van der Waals surface area contributed by atoms with Gasteiger partial charge < -0.3 is 19.7 Å². The number of carbonyl (C=O) groups excluding carboxylic acids is 1. The van der Waals surface area contributed by atoms with Gasteiger partial charge in [-0.1, -0.05) is 0 Å². The Morgan fingerprint density at radius 3 is 3.19 bits per heavy atom. The van der Waals surface area contributed by atoms with Crippen LogP contribution in [0.15, 0.2) is 12.5 Å². The average Bonchev–Trinajstić information content (AvgIpc) is 2.85. The van der Waals surface area contributed by atoms with Gasteiger partial charge in [-0.3, -0.25) is 4.79 Å². The molecule has 2 rings (SSSR count). The lowest BCUT2D eigenvalue weighted by molar-refractivity contribution is 0.0264. The molecule has 1 unspecified atom stereocenters. The summed E-state index contributed by atoms with van der Waals surface area (Å²) < 4.78 is 6.78. The average molecular weight is 225 g/mol. The molecule has 0 bridgehead atoms. The summed E-state index contributed by atoms with van der Waals surface area (Å²) in [6.45, 7) is 1.01. The zero-order valence-electron chi connectivity index (χ0n) is 9.14. The van der Waals surface area contributed by atoms with Gasteiger partial charge in [-0.25, -0.2) is 4.98 Å². The molecule has 16 heavy (non-hydrogen) atoms. The van der Waals surface area contributed by atoms with Crippen molar-refractivity contribution in [3.05, 3.63) is 18.2 Å². The van der Waals surface area contributed by atoms with Crippen LogP contribution in [0.25, 0.3) is 0 Å². The molecule has 0 radical (unpaired) electrons. The predicted molar refractivity (Wildman–Crippen MR) is 55.9 cm³/mol. The van der Waals surface area contributed by atoms with Gasteiger partial charge in [0.1, 0.15) is 11.3 Å². The summed E-state index contributed by atoms with van der Waals surface area (Å²) in [5.41, 5.74) is -0.574. The fourth-order valence-electron chi connectivity index (χ4n) is 1.60. The van der Waals surface area contributed by atoms with Crippen molar-refractivity contribution in [3.8, 4) is 0 Å². The van der Waals surface area contributed by atoms with Crippen LogP contribution in [-0.2, 0) is 11.8 Å². The van der Waals surface area contributed by atoms with Gasteiger partial charge in [0.2, 0.25) is 0 Å². The van der Waals surface area contributed by atoms with E-state index in [9.17, 15) is 9.90 Å². The highest BCUT2D eigenvalue weighted by molar-refractivity contribution is 5.92. The van der Waals surface area contributed by atoms with Crippen molar-refractivity contribution < 1.29 is 14.6 Å². The largest absolute Gasteiger partial charge is 0.386 e. The van der Waals surface area contributed by atoms with Crippen LogP contribution >= 0.6 is 0 Å². The molecule has 1 saturated heterocycles. The van der Waals surface area contributed by atoms with Gasteiger partial charge in [0.25, 0.3) is 5.91 Å². The van der Waals surface area contributed by atoms with Crippen molar-refractivity contribution in [1.82, 2.24) is 14.9 Å². The van der Waals surface area contributed by atoms with Crippen LogP contribution < -0.4 is 5.32 Å². The molecule has 2 N–H and O–H groups in total. The first-order chi connectivity index (χ1) is 7.59. The van der Waals surface area contributed by atoms with Crippen molar-refractivity contribution in [1.29, 1.82) is 0 Å². The molecule has 1 aromatic rings. The van der Waals surface area contributed by atoms with Gasteiger partial charge in [0.05, 0.1) is 12.9 Å². The van der Waals surface area contributed by atoms with Crippen LogP contribution in [-0.4, -0.2) is 45.9 Å².